The summed E-state index contributed by atoms with van der Waals surface area (Å²) in [5.41, 5.74) is 10.0. The summed E-state index contributed by atoms with van der Waals surface area (Å²) >= 11 is 6.22. The fourth-order valence-corrected chi connectivity index (χ4v) is 3.47. The second kappa shape index (κ2) is 8.93. The topological polar surface area (TPSA) is 100 Å². The summed E-state index contributed by atoms with van der Waals surface area (Å²) in [6.07, 6.45) is 0. The van der Waals surface area contributed by atoms with Crippen molar-refractivity contribution in [2.45, 2.75) is 13.5 Å². The van der Waals surface area contributed by atoms with Crippen molar-refractivity contribution < 1.29 is 13.9 Å². The van der Waals surface area contributed by atoms with E-state index in [0.717, 1.165) is 11.3 Å². The van der Waals surface area contributed by atoms with Crippen LogP contribution in [0.15, 0.2) is 36.4 Å². The van der Waals surface area contributed by atoms with Gasteiger partial charge in [0.05, 0.1) is 24.5 Å². The molecule has 0 bridgehead atoms. The van der Waals surface area contributed by atoms with E-state index in [1.807, 2.05) is 13.0 Å². The fourth-order valence-electron chi connectivity index (χ4n) is 3.22. The summed E-state index contributed by atoms with van der Waals surface area (Å²) < 4.78 is 25.5. The molecule has 3 heterocycles. The van der Waals surface area contributed by atoms with E-state index < -0.39 is 0 Å². The molecule has 3 aromatic heterocycles. The van der Waals surface area contributed by atoms with E-state index in [9.17, 15) is 4.39 Å². The number of pyridine rings is 1. The van der Waals surface area contributed by atoms with E-state index in [1.165, 1.54) is 16.6 Å². The van der Waals surface area contributed by atoms with Crippen LogP contribution < -0.4 is 5.73 Å². The average molecular weight is 443 g/mol. The summed E-state index contributed by atoms with van der Waals surface area (Å²) in [5.74, 6) is 0.240. The first-order valence-corrected chi connectivity index (χ1v) is 9.86. The molecular formula is C21H20ClFN6O2. The number of nitrogens with two attached hydrogens (primary N) is 1. The predicted molar refractivity (Wildman–Crippen MR) is 115 cm³/mol. The van der Waals surface area contributed by atoms with Crippen molar-refractivity contribution in [3.63, 3.8) is 0 Å². The van der Waals surface area contributed by atoms with Crippen LogP contribution in [0.1, 0.15) is 11.5 Å². The summed E-state index contributed by atoms with van der Waals surface area (Å²) in [6.45, 7) is 2.90. The molecule has 4 rings (SSSR count). The highest BCUT2D eigenvalue weighted by Crippen LogP contribution is 2.36. The molecule has 0 saturated heterocycles. The maximum absolute atomic E-state index is 13.5. The second-order valence-electron chi connectivity index (χ2n) is 6.83. The van der Waals surface area contributed by atoms with Crippen LogP contribution in [-0.4, -0.2) is 44.9 Å². The highest BCUT2D eigenvalue weighted by Gasteiger charge is 2.21. The highest BCUT2D eigenvalue weighted by atomic mass is 35.5. The Morgan fingerprint density at radius 2 is 1.84 bits per heavy atom. The standard InChI is InChI=1S/C21H20ClFN6O2/c1-12-9-14(10-16(22)25-12)18-19(13-3-5-15(23)6-4-13)27-21(24)29-20(18)26-17(28-29)11-31-8-7-30-2/h3-6,9-10H,7-8,11H2,1-2H3,(H2,24,27). The Balaban J connectivity index is 1.92. The third-order valence-electron chi connectivity index (χ3n) is 4.55. The zero-order valence-electron chi connectivity index (χ0n) is 17.0. The van der Waals surface area contributed by atoms with Crippen LogP contribution in [0.4, 0.5) is 10.3 Å². The molecule has 4 aromatic rings. The molecule has 0 amide bonds. The van der Waals surface area contributed by atoms with Crippen LogP contribution >= 0.6 is 11.6 Å². The smallest absolute Gasteiger partial charge is 0.223 e. The molecule has 0 spiro atoms. The summed E-state index contributed by atoms with van der Waals surface area (Å²) in [4.78, 5) is 13.4. The first-order valence-electron chi connectivity index (χ1n) is 9.48. The SMILES string of the molecule is COCCOCc1nc2c(-c3cc(C)nc(Cl)c3)c(-c3ccc(F)cc3)nc(N)n2n1. The molecule has 0 unspecified atom stereocenters. The van der Waals surface area contributed by atoms with E-state index in [4.69, 9.17) is 26.8 Å². The lowest BCUT2D eigenvalue weighted by molar-refractivity contribution is 0.0587. The molecule has 0 radical (unpaired) electrons. The van der Waals surface area contributed by atoms with E-state index in [0.29, 0.717) is 46.7 Å². The van der Waals surface area contributed by atoms with E-state index in [1.54, 1.807) is 25.3 Å². The van der Waals surface area contributed by atoms with Crippen molar-refractivity contribution in [3.05, 3.63) is 58.9 Å². The van der Waals surface area contributed by atoms with Gasteiger partial charge in [-0.2, -0.15) is 4.52 Å². The van der Waals surface area contributed by atoms with Gasteiger partial charge in [0, 0.05) is 18.4 Å². The zero-order chi connectivity index (χ0) is 22.0. The van der Waals surface area contributed by atoms with Crippen molar-refractivity contribution in [1.29, 1.82) is 0 Å². The number of fused-ring (bicyclic) bond motifs is 1. The molecule has 0 aliphatic rings. The number of aryl methyl sites for hydroxylation is 1. The number of ether oxygens (including phenoxy) is 2. The minimum absolute atomic E-state index is 0.144. The van der Waals surface area contributed by atoms with Gasteiger partial charge in [-0.15, -0.1) is 5.10 Å². The van der Waals surface area contributed by atoms with Gasteiger partial charge in [-0.3, -0.25) is 0 Å². The van der Waals surface area contributed by atoms with Crippen LogP contribution in [0.3, 0.4) is 0 Å². The van der Waals surface area contributed by atoms with Gasteiger partial charge in [0.2, 0.25) is 5.95 Å². The van der Waals surface area contributed by atoms with Crippen LogP contribution in [0.25, 0.3) is 28.0 Å². The lowest BCUT2D eigenvalue weighted by Gasteiger charge is -2.12. The highest BCUT2D eigenvalue weighted by molar-refractivity contribution is 6.29. The molecule has 1 aromatic carbocycles. The van der Waals surface area contributed by atoms with E-state index in [2.05, 4.69) is 20.1 Å². The molecule has 0 saturated carbocycles. The second-order valence-corrected chi connectivity index (χ2v) is 7.22. The normalized spacial score (nSPS) is 11.4. The Bertz CT molecular complexity index is 1210. The quantitative estimate of drug-likeness (QED) is 0.344. The Hall–Kier alpha value is -3.14. The largest absolute Gasteiger partial charge is 0.382 e. The van der Waals surface area contributed by atoms with Crippen molar-refractivity contribution in [1.82, 2.24) is 24.6 Å². The third-order valence-corrected chi connectivity index (χ3v) is 4.74. The lowest BCUT2D eigenvalue weighted by Crippen LogP contribution is -2.06. The minimum Gasteiger partial charge on any atom is -0.382 e. The van der Waals surface area contributed by atoms with Crippen LogP contribution in [0.5, 0.6) is 0 Å². The van der Waals surface area contributed by atoms with Gasteiger partial charge in [0.1, 0.15) is 17.6 Å². The van der Waals surface area contributed by atoms with Crippen LogP contribution in [0.2, 0.25) is 5.15 Å². The minimum atomic E-state index is -0.347. The molecule has 0 fully saturated rings. The van der Waals surface area contributed by atoms with Gasteiger partial charge in [-0.25, -0.2) is 19.3 Å². The van der Waals surface area contributed by atoms with E-state index in [-0.39, 0.29) is 18.4 Å². The summed E-state index contributed by atoms with van der Waals surface area (Å²) in [6, 6.07) is 9.60. The summed E-state index contributed by atoms with van der Waals surface area (Å²) in [7, 11) is 1.60. The molecule has 8 nitrogen and oxygen atoms in total. The van der Waals surface area contributed by atoms with Crippen LogP contribution in [-0.2, 0) is 16.1 Å². The Morgan fingerprint density at radius 1 is 1.06 bits per heavy atom. The Morgan fingerprint density at radius 3 is 2.55 bits per heavy atom. The number of hydrogen-bond donors (Lipinski definition) is 1. The molecule has 0 aliphatic carbocycles. The fraction of sp³-hybridized carbons (Fsp3) is 0.238. The van der Waals surface area contributed by atoms with Gasteiger partial charge in [0.15, 0.2) is 11.5 Å². The Kier molecular flexibility index (Phi) is 6.08. The number of benzene rings is 1. The predicted octanol–water partition coefficient (Wildman–Crippen LogP) is 3.70. The number of aromatic nitrogens is 5. The van der Waals surface area contributed by atoms with Gasteiger partial charge >= 0.3 is 0 Å². The van der Waals surface area contributed by atoms with Crippen LogP contribution in [0, 0.1) is 12.7 Å². The van der Waals surface area contributed by atoms with Crippen molar-refractivity contribution in [2.24, 2.45) is 0 Å². The number of anilines is 1. The molecule has 0 aliphatic heterocycles. The number of rotatable bonds is 7. The Labute approximate surface area is 182 Å². The number of halogens is 2. The number of nitrogens with zero attached hydrogens (tertiary/aromatic N) is 5. The number of nitrogen functional groups attached to an aromatic ring is 1. The number of methoxy groups -OCH3 is 1. The van der Waals surface area contributed by atoms with E-state index >= 15 is 0 Å². The molecule has 31 heavy (non-hydrogen) atoms. The van der Waals surface area contributed by atoms with Gasteiger partial charge in [0.25, 0.3) is 0 Å². The van der Waals surface area contributed by atoms with Gasteiger partial charge in [-0.1, -0.05) is 11.6 Å². The maximum atomic E-state index is 13.5. The monoisotopic (exact) mass is 442 g/mol. The van der Waals surface area contributed by atoms with Crippen molar-refractivity contribution in [2.75, 3.05) is 26.1 Å². The van der Waals surface area contributed by atoms with Crippen molar-refractivity contribution >= 4 is 23.2 Å². The van der Waals surface area contributed by atoms with Crippen molar-refractivity contribution in [3.8, 4) is 22.4 Å². The molecule has 10 heteroatoms. The first kappa shape index (κ1) is 21.1. The average Bonchev–Trinajstić information content (AvgIpc) is 3.15. The number of hydrogen-bond acceptors (Lipinski definition) is 7. The molecule has 0 atom stereocenters. The molecule has 160 valence electrons. The first-order chi connectivity index (χ1) is 15.0. The zero-order valence-corrected chi connectivity index (χ0v) is 17.7. The maximum Gasteiger partial charge on any atom is 0.223 e. The molecular weight excluding hydrogens is 423 g/mol. The summed E-state index contributed by atoms with van der Waals surface area (Å²) in [5, 5.41) is 4.76. The lowest BCUT2D eigenvalue weighted by atomic mass is 10.00. The third kappa shape index (κ3) is 4.48. The van der Waals surface area contributed by atoms with Gasteiger partial charge < -0.3 is 15.2 Å². The molecule has 2 N–H and O–H groups in total. The van der Waals surface area contributed by atoms with Gasteiger partial charge in [-0.05, 0) is 48.9 Å².